The number of hydrogen-bond acceptors (Lipinski definition) is 4. The summed E-state index contributed by atoms with van der Waals surface area (Å²) in [6.07, 6.45) is 6.84. The zero-order valence-electron chi connectivity index (χ0n) is 10.9. The van der Waals surface area contributed by atoms with Crippen molar-refractivity contribution in [2.24, 2.45) is 5.92 Å². The fraction of sp³-hybridized carbons (Fsp3) is 0.900. The van der Waals surface area contributed by atoms with Gasteiger partial charge in [0.15, 0.2) is 0 Å². The smallest absolute Gasteiger partial charge is 0.245 e. The number of H-pyrrole nitrogens is 4. The minimum absolute atomic E-state index is 0.194. The van der Waals surface area contributed by atoms with Gasteiger partial charge in [-0.15, -0.1) is 0 Å². The van der Waals surface area contributed by atoms with Crippen molar-refractivity contribution in [3.63, 3.8) is 0 Å². The number of nitrogens with one attached hydrogen (secondary N) is 7. The molecule has 19 heavy (non-hydrogen) atoms. The molecule has 1 aliphatic carbocycles. The predicted molar refractivity (Wildman–Crippen MR) is 69.2 cm³/mol. The van der Waals surface area contributed by atoms with E-state index in [2.05, 4.69) is 37.1 Å². The van der Waals surface area contributed by atoms with Gasteiger partial charge in [-0.25, -0.2) is 36.4 Å². The minimum atomic E-state index is -0.426. The van der Waals surface area contributed by atoms with Crippen LogP contribution in [0.25, 0.3) is 0 Å². The highest BCUT2D eigenvalue weighted by atomic mass is 16.2. The Morgan fingerprint density at radius 2 is 2.00 bits per heavy atom. The first-order valence-electron chi connectivity index (χ1n) is 6.94. The van der Waals surface area contributed by atoms with Crippen LogP contribution in [0.5, 0.6) is 0 Å². The van der Waals surface area contributed by atoms with Gasteiger partial charge in [0.05, 0.1) is 0 Å². The van der Waals surface area contributed by atoms with Crippen LogP contribution in [0.15, 0.2) is 4.79 Å². The molecule has 0 aromatic carbocycles. The zero-order chi connectivity index (χ0) is 13.1. The Bertz CT molecular complexity index is 476. The van der Waals surface area contributed by atoms with Crippen molar-refractivity contribution in [1.82, 2.24) is 41.8 Å². The number of hydrogen-bond donors (Lipinski definition) is 7. The van der Waals surface area contributed by atoms with Crippen LogP contribution in [0.4, 0.5) is 0 Å². The first-order valence-corrected chi connectivity index (χ1v) is 6.94. The summed E-state index contributed by atoms with van der Waals surface area (Å²) >= 11 is 0. The van der Waals surface area contributed by atoms with Gasteiger partial charge < -0.3 is 0 Å². The molecule has 7 N–H and O–H groups in total. The third-order valence-electron chi connectivity index (χ3n) is 4.28. The summed E-state index contributed by atoms with van der Waals surface area (Å²) in [6, 6.07) is 0. The summed E-state index contributed by atoms with van der Waals surface area (Å²) in [5.41, 5.74) is 8.69. The van der Waals surface area contributed by atoms with E-state index in [-0.39, 0.29) is 5.69 Å². The Balaban J connectivity index is 2.00. The van der Waals surface area contributed by atoms with Crippen molar-refractivity contribution in [3.05, 3.63) is 10.5 Å². The molecule has 1 unspecified atom stereocenters. The van der Waals surface area contributed by atoms with Crippen LogP contribution >= 0.6 is 0 Å². The van der Waals surface area contributed by atoms with E-state index in [1.807, 2.05) is 0 Å². The lowest BCUT2D eigenvalue weighted by Crippen LogP contribution is -2.69. The minimum Gasteiger partial charge on any atom is -0.245 e. The molecule has 3 rings (SSSR count). The lowest BCUT2D eigenvalue weighted by molar-refractivity contribution is 0.00214. The maximum absolute atomic E-state index is 12.1. The highest BCUT2D eigenvalue weighted by Gasteiger charge is 2.43. The fourth-order valence-electron chi connectivity index (χ4n) is 3.32. The molecule has 1 aromatic heterocycles. The van der Waals surface area contributed by atoms with Crippen molar-refractivity contribution in [2.45, 2.75) is 44.2 Å². The predicted octanol–water partition coefficient (Wildman–Crippen LogP) is -0.479. The molecule has 0 spiro atoms. The zero-order valence-corrected chi connectivity index (χ0v) is 10.9. The SMILES string of the molecule is O=c1[nH][nH][nH][nH]n1C1(C2CCCCC2)CCNNN1. The molecule has 108 valence electrons. The highest BCUT2D eigenvalue weighted by Crippen LogP contribution is 2.37. The van der Waals surface area contributed by atoms with Crippen LogP contribution in [0.3, 0.4) is 0 Å². The summed E-state index contributed by atoms with van der Waals surface area (Å²) in [5, 5.41) is 10.8. The molecule has 0 bridgehead atoms. The lowest BCUT2D eigenvalue weighted by atomic mass is 9.78. The van der Waals surface area contributed by atoms with E-state index in [1.165, 1.54) is 19.3 Å². The Morgan fingerprint density at radius 3 is 2.68 bits per heavy atom. The molecule has 1 saturated heterocycles. The van der Waals surface area contributed by atoms with Crippen molar-refractivity contribution in [2.75, 3.05) is 6.54 Å². The van der Waals surface area contributed by atoms with Crippen LogP contribution < -0.4 is 22.1 Å². The van der Waals surface area contributed by atoms with E-state index in [1.54, 1.807) is 4.68 Å². The van der Waals surface area contributed by atoms with E-state index >= 15 is 0 Å². The summed E-state index contributed by atoms with van der Waals surface area (Å²) < 4.78 is 1.62. The molecule has 0 radical (unpaired) electrons. The van der Waals surface area contributed by atoms with E-state index in [4.69, 9.17) is 0 Å². The largest absolute Gasteiger partial charge is 0.358 e. The molecular weight excluding hydrogens is 248 g/mol. The van der Waals surface area contributed by atoms with Gasteiger partial charge in [-0.2, -0.15) is 10.2 Å². The highest BCUT2D eigenvalue weighted by molar-refractivity contribution is 4.91. The molecule has 0 amide bonds. The quantitative estimate of drug-likeness (QED) is 0.392. The molecule has 1 aromatic rings. The first kappa shape index (κ1) is 12.6. The Kier molecular flexibility index (Phi) is 3.49. The van der Waals surface area contributed by atoms with Gasteiger partial charge in [-0.1, -0.05) is 19.3 Å². The van der Waals surface area contributed by atoms with Crippen molar-refractivity contribution < 1.29 is 0 Å². The second-order valence-corrected chi connectivity index (χ2v) is 5.31. The van der Waals surface area contributed by atoms with Crippen LogP contribution in [0.1, 0.15) is 38.5 Å². The molecule has 2 aliphatic rings. The van der Waals surface area contributed by atoms with Gasteiger partial charge in [-0.3, -0.25) is 0 Å². The molecular formula is C10H22N8O. The van der Waals surface area contributed by atoms with Gasteiger partial charge in [0, 0.05) is 13.0 Å². The summed E-state index contributed by atoms with van der Waals surface area (Å²) in [6.45, 7) is 0.808. The number of aromatic nitrogens is 5. The van der Waals surface area contributed by atoms with Crippen LogP contribution in [0, 0.1) is 5.92 Å². The van der Waals surface area contributed by atoms with Gasteiger partial charge in [0.25, 0.3) is 0 Å². The maximum Gasteiger partial charge on any atom is 0.358 e. The maximum atomic E-state index is 12.1. The van der Waals surface area contributed by atoms with Gasteiger partial charge in [0.2, 0.25) is 0 Å². The second kappa shape index (κ2) is 5.27. The van der Waals surface area contributed by atoms with Crippen molar-refractivity contribution >= 4 is 0 Å². The van der Waals surface area contributed by atoms with Gasteiger partial charge in [-0.05, 0) is 18.8 Å². The molecule has 9 heteroatoms. The van der Waals surface area contributed by atoms with Gasteiger partial charge >= 0.3 is 5.69 Å². The summed E-state index contributed by atoms with van der Waals surface area (Å²) in [5.74, 6) is 0.425. The van der Waals surface area contributed by atoms with Crippen LogP contribution in [-0.4, -0.2) is 32.0 Å². The Hall–Kier alpha value is -1.45. The average molecular weight is 270 g/mol. The third-order valence-corrected chi connectivity index (χ3v) is 4.28. The Morgan fingerprint density at radius 1 is 1.16 bits per heavy atom. The first-order chi connectivity index (χ1) is 9.33. The van der Waals surface area contributed by atoms with E-state index in [0.29, 0.717) is 5.92 Å². The molecule has 2 fully saturated rings. The monoisotopic (exact) mass is 270 g/mol. The lowest BCUT2D eigenvalue weighted by Gasteiger charge is -2.46. The number of hydrazine groups is 2. The molecule has 1 aliphatic heterocycles. The van der Waals surface area contributed by atoms with Crippen molar-refractivity contribution in [1.29, 1.82) is 0 Å². The molecule has 1 atom stereocenters. The second-order valence-electron chi connectivity index (χ2n) is 5.31. The van der Waals surface area contributed by atoms with E-state index < -0.39 is 5.66 Å². The molecule has 2 heterocycles. The normalized spacial score (nSPS) is 29.3. The van der Waals surface area contributed by atoms with E-state index in [0.717, 1.165) is 25.8 Å². The Labute approximate surface area is 110 Å². The number of nitrogens with zero attached hydrogens (tertiary/aromatic N) is 1. The number of aromatic amines is 4. The van der Waals surface area contributed by atoms with Crippen LogP contribution in [-0.2, 0) is 5.66 Å². The molecule has 9 nitrogen and oxygen atoms in total. The fourth-order valence-corrected chi connectivity index (χ4v) is 3.32. The van der Waals surface area contributed by atoms with Crippen LogP contribution in [0.2, 0.25) is 0 Å². The summed E-state index contributed by atoms with van der Waals surface area (Å²) in [7, 11) is 0. The molecule has 1 saturated carbocycles. The van der Waals surface area contributed by atoms with Gasteiger partial charge in [0.1, 0.15) is 5.66 Å². The van der Waals surface area contributed by atoms with Crippen molar-refractivity contribution in [3.8, 4) is 0 Å². The topological polar surface area (TPSA) is 121 Å². The van der Waals surface area contributed by atoms with E-state index in [9.17, 15) is 4.79 Å². The number of rotatable bonds is 2. The standard InChI is InChI=1S/C10H22N8O/c19-9-12-15-16-17-18(9)10(6-7-11-14-13-10)8-4-2-1-3-5-8/h8,11,13-17H,1-7H2,(H,12,19). The average Bonchev–Trinajstić information content (AvgIpc) is 2.49. The third kappa shape index (κ3) is 2.24. The summed E-state index contributed by atoms with van der Waals surface area (Å²) in [4.78, 5) is 12.1.